The molecule has 0 radical (unpaired) electrons. The summed E-state index contributed by atoms with van der Waals surface area (Å²) in [7, 11) is -4.21. The van der Waals surface area contributed by atoms with Crippen molar-refractivity contribution >= 4 is 15.9 Å². The van der Waals surface area contributed by atoms with Crippen LogP contribution in [0.2, 0.25) is 0 Å². The first kappa shape index (κ1) is 21.1. The van der Waals surface area contributed by atoms with Gasteiger partial charge in [-0.15, -0.1) is 0 Å². The molecule has 7 nitrogen and oxygen atoms in total. The predicted molar refractivity (Wildman–Crippen MR) is 105 cm³/mol. The SMILES string of the molecule is CC(C)[C@@H](NS(=O)(=O)c1ccccc1F)C(=O)NC[C@@H]1COc2ccccc2O1. The Balaban J connectivity index is 1.64. The first-order valence-corrected chi connectivity index (χ1v) is 10.7. The van der Waals surface area contributed by atoms with E-state index in [1.54, 1.807) is 26.0 Å². The molecule has 3 rings (SSSR count). The molecule has 2 aromatic rings. The third kappa shape index (κ3) is 5.04. The Morgan fingerprint density at radius 1 is 1.14 bits per heavy atom. The van der Waals surface area contributed by atoms with Gasteiger partial charge in [0.2, 0.25) is 15.9 Å². The molecule has 1 heterocycles. The second-order valence-corrected chi connectivity index (χ2v) is 8.70. The number of carbonyl (C=O) groups is 1. The van der Waals surface area contributed by atoms with E-state index in [4.69, 9.17) is 9.47 Å². The maximum Gasteiger partial charge on any atom is 0.244 e. The molecule has 2 aromatic carbocycles. The van der Waals surface area contributed by atoms with Gasteiger partial charge in [-0.3, -0.25) is 4.79 Å². The van der Waals surface area contributed by atoms with Gasteiger partial charge in [-0.2, -0.15) is 4.72 Å². The third-order valence-corrected chi connectivity index (χ3v) is 5.90. The maximum atomic E-state index is 13.9. The summed E-state index contributed by atoms with van der Waals surface area (Å²) in [5, 5.41) is 2.69. The smallest absolute Gasteiger partial charge is 0.244 e. The first-order chi connectivity index (χ1) is 13.8. The third-order valence-electron chi connectivity index (χ3n) is 4.43. The van der Waals surface area contributed by atoms with E-state index >= 15 is 0 Å². The molecule has 0 fully saturated rings. The van der Waals surface area contributed by atoms with Gasteiger partial charge in [0.1, 0.15) is 29.5 Å². The van der Waals surface area contributed by atoms with Crippen molar-refractivity contribution in [3.05, 3.63) is 54.3 Å². The van der Waals surface area contributed by atoms with Crippen molar-refractivity contribution in [3.63, 3.8) is 0 Å². The Bertz CT molecular complexity index is 980. The quantitative estimate of drug-likeness (QED) is 0.713. The molecular formula is C20H23FN2O5S. The summed E-state index contributed by atoms with van der Waals surface area (Å²) >= 11 is 0. The van der Waals surface area contributed by atoms with Crippen LogP contribution in [-0.2, 0) is 14.8 Å². The zero-order chi connectivity index (χ0) is 21.0. The lowest BCUT2D eigenvalue weighted by molar-refractivity contribution is -0.124. The molecule has 0 aliphatic carbocycles. The minimum Gasteiger partial charge on any atom is -0.486 e. The molecular weight excluding hydrogens is 399 g/mol. The first-order valence-electron chi connectivity index (χ1n) is 9.21. The van der Waals surface area contributed by atoms with Crippen molar-refractivity contribution in [2.45, 2.75) is 30.9 Å². The Hall–Kier alpha value is -2.65. The lowest BCUT2D eigenvalue weighted by atomic mass is 10.1. The highest BCUT2D eigenvalue weighted by molar-refractivity contribution is 7.89. The van der Waals surface area contributed by atoms with Crippen LogP contribution in [0.15, 0.2) is 53.4 Å². The number of rotatable bonds is 7. The zero-order valence-corrected chi connectivity index (χ0v) is 16.9. The highest BCUT2D eigenvalue weighted by atomic mass is 32.2. The van der Waals surface area contributed by atoms with Gasteiger partial charge in [0.15, 0.2) is 11.5 Å². The number of benzene rings is 2. The van der Waals surface area contributed by atoms with E-state index in [0.29, 0.717) is 11.5 Å². The van der Waals surface area contributed by atoms with Crippen LogP contribution in [0, 0.1) is 11.7 Å². The van der Waals surface area contributed by atoms with Crippen LogP contribution in [0.4, 0.5) is 4.39 Å². The van der Waals surface area contributed by atoms with Crippen molar-refractivity contribution in [2.75, 3.05) is 13.2 Å². The second-order valence-electron chi connectivity index (χ2n) is 7.02. The average molecular weight is 422 g/mol. The number of hydrogen-bond donors (Lipinski definition) is 2. The molecule has 0 saturated heterocycles. The summed E-state index contributed by atoms with van der Waals surface area (Å²) in [5.74, 6) is -0.552. The van der Waals surface area contributed by atoms with Crippen molar-refractivity contribution in [3.8, 4) is 11.5 Å². The Morgan fingerprint density at radius 3 is 2.48 bits per heavy atom. The van der Waals surface area contributed by atoms with E-state index < -0.39 is 38.8 Å². The van der Waals surface area contributed by atoms with Crippen LogP contribution >= 0.6 is 0 Å². The number of amides is 1. The van der Waals surface area contributed by atoms with Gasteiger partial charge in [0.25, 0.3) is 0 Å². The van der Waals surface area contributed by atoms with E-state index in [0.717, 1.165) is 12.1 Å². The molecule has 1 aliphatic heterocycles. The average Bonchev–Trinajstić information content (AvgIpc) is 2.70. The summed E-state index contributed by atoms with van der Waals surface area (Å²) in [6, 6.07) is 11.1. The zero-order valence-electron chi connectivity index (χ0n) is 16.1. The summed E-state index contributed by atoms with van der Waals surface area (Å²) in [6.07, 6.45) is -0.412. The van der Waals surface area contributed by atoms with Crippen molar-refractivity contribution < 1.29 is 27.1 Å². The van der Waals surface area contributed by atoms with Gasteiger partial charge >= 0.3 is 0 Å². The molecule has 0 spiro atoms. The number of halogens is 1. The number of hydrogen-bond acceptors (Lipinski definition) is 5. The highest BCUT2D eigenvalue weighted by Crippen LogP contribution is 2.30. The fourth-order valence-electron chi connectivity index (χ4n) is 2.87. The van der Waals surface area contributed by atoms with E-state index in [1.807, 2.05) is 12.1 Å². The molecule has 0 unspecified atom stereocenters. The summed E-state index contributed by atoms with van der Waals surface area (Å²) in [4.78, 5) is 12.1. The molecule has 9 heteroatoms. The minimum absolute atomic E-state index is 0.137. The van der Waals surface area contributed by atoms with Crippen LogP contribution in [0.25, 0.3) is 0 Å². The number of carbonyl (C=O) groups excluding carboxylic acids is 1. The summed E-state index contributed by atoms with van der Waals surface area (Å²) in [6.45, 7) is 3.79. The van der Waals surface area contributed by atoms with Crippen LogP contribution in [-0.4, -0.2) is 39.6 Å². The molecule has 0 bridgehead atoms. The molecule has 29 heavy (non-hydrogen) atoms. The van der Waals surface area contributed by atoms with Gasteiger partial charge in [-0.1, -0.05) is 38.1 Å². The highest BCUT2D eigenvalue weighted by Gasteiger charge is 2.30. The monoisotopic (exact) mass is 422 g/mol. The van der Waals surface area contributed by atoms with Crippen molar-refractivity contribution in [1.29, 1.82) is 0 Å². The van der Waals surface area contributed by atoms with Crippen molar-refractivity contribution in [1.82, 2.24) is 10.0 Å². The van der Waals surface area contributed by atoms with Crippen LogP contribution in [0.3, 0.4) is 0 Å². The number of fused-ring (bicyclic) bond motifs is 1. The Labute approximate surface area is 169 Å². The summed E-state index contributed by atoms with van der Waals surface area (Å²) in [5.41, 5.74) is 0. The van der Waals surface area contributed by atoms with Gasteiger partial charge in [-0.05, 0) is 30.2 Å². The Morgan fingerprint density at radius 2 is 1.79 bits per heavy atom. The van der Waals surface area contributed by atoms with Gasteiger partial charge < -0.3 is 14.8 Å². The normalized spacial score (nSPS) is 17.0. The topological polar surface area (TPSA) is 93.7 Å². The number of ether oxygens (including phenoxy) is 2. The van der Waals surface area contributed by atoms with E-state index in [2.05, 4.69) is 10.0 Å². The minimum atomic E-state index is -4.21. The standard InChI is InChI=1S/C20H23FN2O5S/c1-13(2)19(23-29(25,26)18-10-6-3-7-15(18)21)20(24)22-11-14-12-27-16-8-4-5-9-17(16)28-14/h3-10,13-14,19,23H,11-12H2,1-2H3,(H,22,24)/t14-,19-/m1/s1. The van der Waals surface area contributed by atoms with Crippen LogP contribution in [0.1, 0.15) is 13.8 Å². The largest absolute Gasteiger partial charge is 0.486 e. The van der Waals surface area contributed by atoms with Gasteiger partial charge in [0, 0.05) is 0 Å². The van der Waals surface area contributed by atoms with E-state index in [-0.39, 0.29) is 19.1 Å². The molecule has 0 saturated carbocycles. The van der Waals surface area contributed by atoms with E-state index in [9.17, 15) is 17.6 Å². The molecule has 2 atom stereocenters. The fourth-order valence-corrected chi connectivity index (χ4v) is 4.30. The van der Waals surface area contributed by atoms with Crippen LogP contribution in [0.5, 0.6) is 11.5 Å². The summed E-state index contributed by atoms with van der Waals surface area (Å²) < 4.78 is 52.7. The molecule has 2 N–H and O–H groups in total. The number of sulfonamides is 1. The second kappa shape index (κ2) is 8.79. The molecule has 1 amide bonds. The predicted octanol–water partition coefficient (Wildman–Crippen LogP) is 2.08. The van der Waals surface area contributed by atoms with E-state index in [1.165, 1.54) is 12.1 Å². The lowest BCUT2D eigenvalue weighted by Gasteiger charge is -2.28. The Kier molecular flexibility index (Phi) is 6.39. The number of nitrogens with one attached hydrogen (secondary N) is 2. The number of para-hydroxylation sites is 2. The molecule has 0 aromatic heterocycles. The molecule has 1 aliphatic rings. The maximum absolute atomic E-state index is 13.9. The fraction of sp³-hybridized carbons (Fsp3) is 0.350. The van der Waals surface area contributed by atoms with Crippen LogP contribution < -0.4 is 19.5 Å². The van der Waals surface area contributed by atoms with Gasteiger partial charge in [-0.25, -0.2) is 12.8 Å². The van der Waals surface area contributed by atoms with Gasteiger partial charge in [0.05, 0.1) is 6.54 Å². The lowest BCUT2D eigenvalue weighted by Crippen LogP contribution is -2.52. The van der Waals surface area contributed by atoms with Crippen molar-refractivity contribution in [2.24, 2.45) is 5.92 Å². The molecule has 156 valence electrons.